The second kappa shape index (κ2) is 5.83. The summed E-state index contributed by atoms with van der Waals surface area (Å²) in [4.78, 5) is 4.98. The number of nitrogen functional groups attached to an aromatic ring is 1. The molecule has 3 nitrogen and oxygen atoms in total. The first-order chi connectivity index (χ1) is 8.97. The van der Waals surface area contributed by atoms with E-state index in [0.717, 1.165) is 37.8 Å². The third-order valence-corrected chi connectivity index (χ3v) is 3.98. The van der Waals surface area contributed by atoms with Crippen LogP contribution in [0.25, 0.3) is 0 Å². The van der Waals surface area contributed by atoms with E-state index in [-0.39, 0.29) is 0 Å². The van der Waals surface area contributed by atoms with Crippen molar-refractivity contribution in [3.8, 4) is 0 Å². The highest BCUT2D eigenvalue weighted by Crippen LogP contribution is 2.27. The van der Waals surface area contributed by atoms with Crippen LogP contribution in [0.2, 0.25) is 0 Å². The first-order valence-corrected chi connectivity index (χ1v) is 7.31. The summed E-state index contributed by atoms with van der Waals surface area (Å²) < 4.78 is 0. The van der Waals surface area contributed by atoms with E-state index >= 15 is 0 Å². The van der Waals surface area contributed by atoms with Crippen molar-refractivity contribution < 1.29 is 0 Å². The Morgan fingerprint density at radius 3 is 2.21 bits per heavy atom. The van der Waals surface area contributed by atoms with E-state index in [1.807, 2.05) is 0 Å². The number of hydrogen-bond acceptors (Lipinski definition) is 3. The van der Waals surface area contributed by atoms with Crippen LogP contribution in [-0.4, -0.2) is 37.6 Å². The molecule has 1 fully saturated rings. The molecule has 3 heteroatoms. The lowest BCUT2D eigenvalue weighted by Crippen LogP contribution is -2.47. The monoisotopic (exact) mass is 261 g/mol. The highest BCUT2D eigenvalue weighted by molar-refractivity contribution is 5.70. The maximum atomic E-state index is 6.18. The molecule has 0 unspecified atom stereocenters. The molecule has 1 heterocycles. The van der Waals surface area contributed by atoms with E-state index in [1.54, 1.807) is 0 Å². The molecule has 2 N–H and O–H groups in total. The SMILES string of the molecule is Cc1cc(N)c(N2CCN(CC(C)C)CC2)cc1C. The Morgan fingerprint density at radius 1 is 1.05 bits per heavy atom. The van der Waals surface area contributed by atoms with Crippen LogP contribution in [0.5, 0.6) is 0 Å². The van der Waals surface area contributed by atoms with Crippen LogP contribution in [-0.2, 0) is 0 Å². The van der Waals surface area contributed by atoms with Crippen LogP contribution < -0.4 is 10.6 Å². The van der Waals surface area contributed by atoms with Gasteiger partial charge in [-0.3, -0.25) is 4.90 Å². The maximum absolute atomic E-state index is 6.18. The number of hydrogen-bond donors (Lipinski definition) is 1. The largest absolute Gasteiger partial charge is 0.397 e. The van der Waals surface area contributed by atoms with Crippen molar-refractivity contribution in [2.45, 2.75) is 27.7 Å². The van der Waals surface area contributed by atoms with Crippen molar-refractivity contribution in [1.82, 2.24) is 4.90 Å². The van der Waals surface area contributed by atoms with Gasteiger partial charge in [0.2, 0.25) is 0 Å². The van der Waals surface area contributed by atoms with Gasteiger partial charge in [0.05, 0.1) is 11.4 Å². The third-order valence-electron chi connectivity index (χ3n) is 3.98. The minimum Gasteiger partial charge on any atom is -0.397 e. The van der Waals surface area contributed by atoms with Gasteiger partial charge in [0.1, 0.15) is 0 Å². The summed E-state index contributed by atoms with van der Waals surface area (Å²) in [6.07, 6.45) is 0. The zero-order valence-corrected chi connectivity index (χ0v) is 12.7. The van der Waals surface area contributed by atoms with Gasteiger partial charge in [-0.25, -0.2) is 0 Å². The summed E-state index contributed by atoms with van der Waals surface area (Å²) in [6, 6.07) is 4.34. The maximum Gasteiger partial charge on any atom is 0.0603 e. The molecular formula is C16H27N3. The highest BCUT2D eigenvalue weighted by Gasteiger charge is 2.19. The van der Waals surface area contributed by atoms with Crippen molar-refractivity contribution in [3.63, 3.8) is 0 Å². The molecule has 0 radical (unpaired) electrons. The van der Waals surface area contributed by atoms with Crippen molar-refractivity contribution in [3.05, 3.63) is 23.3 Å². The Balaban J connectivity index is 2.03. The van der Waals surface area contributed by atoms with Gasteiger partial charge < -0.3 is 10.6 Å². The molecule has 1 aliphatic heterocycles. The summed E-state index contributed by atoms with van der Waals surface area (Å²) in [5, 5.41) is 0. The Kier molecular flexibility index (Phi) is 4.35. The second-order valence-corrected chi connectivity index (χ2v) is 6.18. The van der Waals surface area contributed by atoms with E-state index in [9.17, 15) is 0 Å². The fraction of sp³-hybridized carbons (Fsp3) is 0.625. The number of rotatable bonds is 3. The van der Waals surface area contributed by atoms with Crippen molar-refractivity contribution in [1.29, 1.82) is 0 Å². The molecule has 0 bridgehead atoms. The quantitative estimate of drug-likeness (QED) is 0.849. The van der Waals surface area contributed by atoms with Gasteiger partial charge >= 0.3 is 0 Å². The van der Waals surface area contributed by atoms with Crippen LogP contribution in [0.1, 0.15) is 25.0 Å². The van der Waals surface area contributed by atoms with Crippen LogP contribution in [0.4, 0.5) is 11.4 Å². The Labute approximate surface area is 117 Å². The molecular weight excluding hydrogens is 234 g/mol. The molecule has 1 aromatic rings. The summed E-state index contributed by atoms with van der Waals surface area (Å²) in [5.41, 5.74) is 10.9. The van der Waals surface area contributed by atoms with E-state index in [2.05, 4.69) is 49.6 Å². The molecule has 1 aliphatic rings. The first kappa shape index (κ1) is 14.2. The number of piperazine rings is 1. The number of benzene rings is 1. The molecule has 2 rings (SSSR count). The average molecular weight is 261 g/mol. The van der Waals surface area contributed by atoms with Gasteiger partial charge in [0, 0.05) is 32.7 Å². The fourth-order valence-corrected chi connectivity index (χ4v) is 2.78. The van der Waals surface area contributed by atoms with E-state index in [0.29, 0.717) is 0 Å². The van der Waals surface area contributed by atoms with Crippen LogP contribution in [0.15, 0.2) is 12.1 Å². The van der Waals surface area contributed by atoms with Crippen molar-refractivity contribution >= 4 is 11.4 Å². The molecule has 0 atom stereocenters. The Morgan fingerprint density at radius 2 is 1.63 bits per heavy atom. The second-order valence-electron chi connectivity index (χ2n) is 6.18. The predicted octanol–water partition coefficient (Wildman–Crippen LogP) is 2.66. The molecule has 0 amide bonds. The number of aryl methyl sites for hydroxylation is 2. The van der Waals surface area contributed by atoms with Crippen molar-refractivity contribution in [2.24, 2.45) is 5.92 Å². The molecule has 1 saturated heterocycles. The standard InChI is InChI=1S/C16H27N3/c1-12(2)11-18-5-7-19(8-6-18)16-10-14(4)13(3)9-15(16)17/h9-10,12H,5-8,11,17H2,1-4H3. The van der Waals surface area contributed by atoms with Gasteiger partial charge in [-0.15, -0.1) is 0 Å². The molecule has 0 saturated carbocycles. The summed E-state index contributed by atoms with van der Waals surface area (Å²) >= 11 is 0. The predicted molar refractivity (Wildman–Crippen MR) is 83.8 cm³/mol. The molecule has 0 aromatic heterocycles. The lowest BCUT2D eigenvalue weighted by Gasteiger charge is -2.37. The Hall–Kier alpha value is -1.22. The van der Waals surface area contributed by atoms with E-state index < -0.39 is 0 Å². The fourth-order valence-electron chi connectivity index (χ4n) is 2.78. The van der Waals surface area contributed by atoms with Gasteiger partial charge in [-0.05, 0) is 43.0 Å². The Bertz CT molecular complexity index is 432. The van der Waals surface area contributed by atoms with Gasteiger partial charge in [0.15, 0.2) is 0 Å². The third kappa shape index (κ3) is 3.41. The molecule has 1 aromatic carbocycles. The number of nitrogens with zero attached hydrogens (tertiary/aromatic N) is 2. The normalized spacial score (nSPS) is 17.2. The van der Waals surface area contributed by atoms with E-state index in [1.165, 1.54) is 23.4 Å². The van der Waals surface area contributed by atoms with Crippen LogP contribution in [0, 0.1) is 19.8 Å². The van der Waals surface area contributed by atoms with Crippen molar-refractivity contribution in [2.75, 3.05) is 43.4 Å². The number of nitrogens with two attached hydrogens (primary N) is 1. The van der Waals surface area contributed by atoms with Gasteiger partial charge in [0.25, 0.3) is 0 Å². The summed E-state index contributed by atoms with van der Waals surface area (Å²) in [5.74, 6) is 0.748. The lowest BCUT2D eigenvalue weighted by atomic mass is 10.1. The molecule has 0 aliphatic carbocycles. The molecule has 0 spiro atoms. The van der Waals surface area contributed by atoms with Crippen LogP contribution in [0.3, 0.4) is 0 Å². The minimum absolute atomic E-state index is 0.748. The molecule has 19 heavy (non-hydrogen) atoms. The minimum atomic E-state index is 0.748. The molecule has 106 valence electrons. The smallest absolute Gasteiger partial charge is 0.0603 e. The summed E-state index contributed by atoms with van der Waals surface area (Å²) in [6.45, 7) is 14.5. The zero-order valence-electron chi connectivity index (χ0n) is 12.7. The topological polar surface area (TPSA) is 32.5 Å². The van der Waals surface area contributed by atoms with Gasteiger partial charge in [-0.2, -0.15) is 0 Å². The van der Waals surface area contributed by atoms with Gasteiger partial charge in [-0.1, -0.05) is 13.8 Å². The lowest BCUT2D eigenvalue weighted by molar-refractivity contribution is 0.231. The van der Waals surface area contributed by atoms with Crippen LogP contribution >= 0.6 is 0 Å². The summed E-state index contributed by atoms with van der Waals surface area (Å²) in [7, 11) is 0. The van der Waals surface area contributed by atoms with E-state index in [4.69, 9.17) is 5.73 Å². The first-order valence-electron chi connectivity index (χ1n) is 7.31. The average Bonchev–Trinajstić information content (AvgIpc) is 2.34. The number of anilines is 2. The highest BCUT2D eigenvalue weighted by atomic mass is 15.3. The zero-order chi connectivity index (χ0) is 14.0.